The Kier molecular flexibility index (Phi) is 4.99. The van der Waals surface area contributed by atoms with Gasteiger partial charge in [-0.1, -0.05) is 23.7 Å². The zero-order chi connectivity index (χ0) is 14.5. The van der Waals surface area contributed by atoms with Gasteiger partial charge < -0.3 is 10.2 Å². The average Bonchev–Trinajstić information content (AvgIpc) is 2.36. The van der Waals surface area contributed by atoms with Crippen LogP contribution in [0, 0.1) is 5.82 Å². The highest BCUT2D eigenvalue weighted by atomic mass is 35.5. The third kappa shape index (κ3) is 4.51. The molecule has 0 unspecified atom stereocenters. The summed E-state index contributed by atoms with van der Waals surface area (Å²) in [6.07, 6.45) is 0. The lowest BCUT2D eigenvalue weighted by Gasteiger charge is -2.11. The molecule has 0 aliphatic carbocycles. The number of nitrogens with zero attached hydrogens (tertiary/aromatic N) is 1. The van der Waals surface area contributed by atoms with Gasteiger partial charge in [0.1, 0.15) is 5.82 Å². The Morgan fingerprint density at radius 1 is 1.05 bits per heavy atom. The van der Waals surface area contributed by atoms with Gasteiger partial charge in [0.25, 0.3) is 0 Å². The largest absolute Gasteiger partial charge is 0.381 e. The van der Waals surface area contributed by atoms with E-state index in [2.05, 4.69) is 22.3 Å². The van der Waals surface area contributed by atoms with Crippen molar-refractivity contribution >= 4 is 17.3 Å². The van der Waals surface area contributed by atoms with E-state index in [4.69, 9.17) is 11.6 Å². The van der Waals surface area contributed by atoms with E-state index >= 15 is 0 Å². The van der Waals surface area contributed by atoms with Crippen LogP contribution in [-0.2, 0) is 13.1 Å². The van der Waals surface area contributed by atoms with Gasteiger partial charge in [0, 0.05) is 23.8 Å². The maximum atomic E-state index is 13.2. The topological polar surface area (TPSA) is 15.3 Å². The van der Waals surface area contributed by atoms with E-state index in [-0.39, 0.29) is 5.82 Å². The summed E-state index contributed by atoms with van der Waals surface area (Å²) in [6, 6.07) is 12.8. The van der Waals surface area contributed by atoms with Gasteiger partial charge in [-0.25, -0.2) is 4.39 Å². The Bertz CT molecular complexity index is 547. The number of nitrogens with one attached hydrogen (secondary N) is 1. The van der Waals surface area contributed by atoms with Crippen molar-refractivity contribution in [3.63, 3.8) is 0 Å². The number of rotatable bonds is 5. The summed E-state index contributed by atoms with van der Waals surface area (Å²) in [5, 5.41) is 3.68. The average molecular weight is 293 g/mol. The van der Waals surface area contributed by atoms with Gasteiger partial charge in [-0.2, -0.15) is 0 Å². The highest BCUT2D eigenvalue weighted by molar-refractivity contribution is 6.30. The first-order valence-electron chi connectivity index (χ1n) is 6.45. The van der Waals surface area contributed by atoms with Crippen molar-refractivity contribution in [3.8, 4) is 0 Å². The summed E-state index contributed by atoms with van der Waals surface area (Å²) >= 11 is 5.83. The minimum Gasteiger partial charge on any atom is -0.381 e. The monoisotopic (exact) mass is 292 g/mol. The van der Waals surface area contributed by atoms with Crippen LogP contribution in [-0.4, -0.2) is 19.0 Å². The molecule has 0 saturated heterocycles. The maximum Gasteiger partial charge on any atom is 0.125 e. The smallest absolute Gasteiger partial charge is 0.125 e. The fourth-order valence-corrected chi connectivity index (χ4v) is 2.25. The Morgan fingerprint density at radius 3 is 2.35 bits per heavy atom. The van der Waals surface area contributed by atoms with Crippen molar-refractivity contribution in [1.29, 1.82) is 0 Å². The van der Waals surface area contributed by atoms with E-state index in [1.54, 1.807) is 6.07 Å². The molecule has 0 aliphatic heterocycles. The molecule has 0 aliphatic rings. The van der Waals surface area contributed by atoms with Gasteiger partial charge in [0.2, 0.25) is 0 Å². The minimum absolute atomic E-state index is 0.310. The summed E-state index contributed by atoms with van der Waals surface area (Å²) < 4.78 is 13.2. The molecule has 0 heterocycles. The highest BCUT2D eigenvalue weighted by Crippen LogP contribution is 2.16. The molecular weight excluding hydrogens is 275 g/mol. The molecule has 0 fully saturated rings. The first kappa shape index (κ1) is 14.8. The number of hydrogen-bond acceptors (Lipinski definition) is 2. The third-order valence-corrected chi connectivity index (χ3v) is 3.09. The van der Waals surface area contributed by atoms with Gasteiger partial charge in [0.15, 0.2) is 0 Å². The van der Waals surface area contributed by atoms with Gasteiger partial charge >= 0.3 is 0 Å². The molecule has 20 heavy (non-hydrogen) atoms. The molecule has 0 atom stereocenters. The standard InChI is InChI=1S/C16H18ClFN2/c1-20(2)11-12-3-5-16(6-4-12)19-10-13-7-14(17)9-15(18)8-13/h3-9,19H,10-11H2,1-2H3. The van der Waals surface area contributed by atoms with E-state index in [0.29, 0.717) is 11.6 Å². The lowest BCUT2D eigenvalue weighted by Crippen LogP contribution is -2.10. The molecule has 0 radical (unpaired) electrons. The van der Waals surface area contributed by atoms with E-state index in [0.717, 1.165) is 17.8 Å². The molecule has 0 bridgehead atoms. The van der Waals surface area contributed by atoms with E-state index in [9.17, 15) is 4.39 Å². The Morgan fingerprint density at radius 2 is 1.75 bits per heavy atom. The van der Waals surface area contributed by atoms with Crippen molar-refractivity contribution in [2.45, 2.75) is 13.1 Å². The Hall–Kier alpha value is -1.58. The van der Waals surface area contributed by atoms with Crippen molar-refractivity contribution in [2.75, 3.05) is 19.4 Å². The van der Waals surface area contributed by atoms with Gasteiger partial charge in [0.05, 0.1) is 0 Å². The maximum absolute atomic E-state index is 13.2. The van der Waals surface area contributed by atoms with Crippen LogP contribution in [0.15, 0.2) is 42.5 Å². The molecule has 0 spiro atoms. The van der Waals surface area contributed by atoms with Gasteiger partial charge in [-0.05, 0) is 55.6 Å². The molecule has 2 aromatic carbocycles. The first-order valence-corrected chi connectivity index (χ1v) is 6.83. The second-order valence-corrected chi connectivity index (χ2v) is 5.50. The summed E-state index contributed by atoms with van der Waals surface area (Å²) in [6.45, 7) is 1.46. The predicted octanol–water partition coefficient (Wildman–Crippen LogP) is 4.15. The van der Waals surface area contributed by atoms with Crippen molar-refractivity contribution < 1.29 is 4.39 Å². The summed E-state index contributed by atoms with van der Waals surface area (Å²) in [4.78, 5) is 2.12. The fraction of sp³-hybridized carbons (Fsp3) is 0.250. The second-order valence-electron chi connectivity index (χ2n) is 5.07. The van der Waals surface area contributed by atoms with Crippen LogP contribution in [0.4, 0.5) is 10.1 Å². The quantitative estimate of drug-likeness (QED) is 0.890. The normalized spacial score (nSPS) is 10.8. The molecule has 2 nitrogen and oxygen atoms in total. The minimum atomic E-state index is -0.310. The molecule has 0 saturated carbocycles. The van der Waals surface area contributed by atoms with Crippen LogP contribution in [0.5, 0.6) is 0 Å². The molecule has 106 valence electrons. The number of anilines is 1. The molecule has 2 rings (SSSR count). The Labute approximate surface area is 124 Å². The summed E-state index contributed by atoms with van der Waals surface area (Å²) in [5.74, 6) is -0.310. The van der Waals surface area contributed by atoms with Crippen LogP contribution in [0.3, 0.4) is 0 Å². The number of halogens is 2. The molecule has 0 aromatic heterocycles. The molecule has 4 heteroatoms. The highest BCUT2D eigenvalue weighted by Gasteiger charge is 2.00. The lowest BCUT2D eigenvalue weighted by molar-refractivity contribution is 0.402. The van der Waals surface area contributed by atoms with Crippen LogP contribution >= 0.6 is 11.6 Å². The van der Waals surface area contributed by atoms with Crippen molar-refractivity contribution in [2.24, 2.45) is 0 Å². The van der Waals surface area contributed by atoms with E-state index < -0.39 is 0 Å². The van der Waals surface area contributed by atoms with Crippen molar-refractivity contribution in [3.05, 3.63) is 64.4 Å². The first-order chi connectivity index (χ1) is 9.52. The fourth-order valence-electron chi connectivity index (χ4n) is 2.01. The number of hydrogen-bond donors (Lipinski definition) is 1. The SMILES string of the molecule is CN(C)Cc1ccc(NCc2cc(F)cc(Cl)c2)cc1. The van der Waals surface area contributed by atoms with Gasteiger partial charge in [-0.15, -0.1) is 0 Å². The summed E-state index contributed by atoms with van der Waals surface area (Å²) in [5.41, 5.74) is 3.09. The van der Waals surface area contributed by atoms with E-state index in [1.807, 2.05) is 26.2 Å². The van der Waals surface area contributed by atoms with Crippen molar-refractivity contribution in [1.82, 2.24) is 4.90 Å². The van der Waals surface area contributed by atoms with Crippen LogP contribution in [0.25, 0.3) is 0 Å². The van der Waals surface area contributed by atoms with E-state index in [1.165, 1.54) is 17.7 Å². The lowest BCUT2D eigenvalue weighted by atomic mass is 10.2. The summed E-state index contributed by atoms with van der Waals surface area (Å²) in [7, 11) is 4.08. The Balaban J connectivity index is 1.96. The molecule has 2 aromatic rings. The van der Waals surface area contributed by atoms with Crippen LogP contribution in [0.1, 0.15) is 11.1 Å². The zero-order valence-corrected chi connectivity index (χ0v) is 12.4. The second kappa shape index (κ2) is 6.73. The molecule has 1 N–H and O–H groups in total. The third-order valence-electron chi connectivity index (χ3n) is 2.87. The number of benzene rings is 2. The van der Waals surface area contributed by atoms with Gasteiger partial charge in [-0.3, -0.25) is 0 Å². The predicted molar refractivity (Wildman–Crippen MR) is 82.6 cm³/mol. The van der Waals surface area contributed by atoms with Crippen LogP contribution < -0.4 is 5.32 Å². The van der Waals surface area contributed by atoms with Crippen LogP contribution in [0.2, 0.25) is 5.02 Å². The molecule has 0 amide bonds. The molecular formula is C16H18ClFN2. The zero-order valence-electron chi connectivity index (χ0n) is 11.7.